The molecule has 1 saturated carbocycles. The van der Waals surface area contributed by atoms with Gasteiger partial charge < -0.3 is 8.98 Å². The molecule has 106 valence electrons. The molecule has 0 N–H and O–H groups in total. The van der Waals surface area contributed by atoms with Crippen molar-refractivity contribution in [2.45, 2.75) is 49.6 Å². The van der Waals surface area contributed by atoms with Crippen LogP contribution >= 0.6 is 11.8 Å². The van der Waals surface area contributed by atoms with Gasteiger partial charge in [0.2, 0.25) is 11.8 Å². The van der Waals surface area contributed by atoms with E-state index in [9.17, 15) is 0 Å². The lowest BCUT2D eigenvalue weighted by Crippen LogP contribution is -2.02. The second-order valence-electron chi connectivity index (χ2n) is 4.75. The van der Waals surface area contributed by atoms with Crippen molar-refractivity contribution in [3.63, 3.8) is 0 Å². The zero-order chi connectivity index (χ0) is 13.9. The summed E-state index contributed by atoms with van der Waals surface area (Å²) in [5, 5.41) is 17.5. The summed E-state index contributed by atoms with van der Waals surface area (Å²) in [4.78, 5) is 0. The van der Waals surface area contributed by atoms with Gasteiger partial charge >= 0.3 is 0 Å². The number of aromatic nitrogens is 5. The summed E-state index contributed by atoms with van der Waals surface area (Å²) in [5.41, 5.74) is 0. The second-order valence-corrected chi connectivity index (χ2v) is 5.69. The molecule has 2 heterocycles. The van der Waals surface area contributed by atoms with Gasteiger partial charge in [-0.05, 0) is 12.8 Å². The maximum Gasteiger partial charge on any atom is 0.226 e. The minimum Gasteiger partial charge on any atom is -0.424 e. The molecular weight excluding hydrogens is 274 g/mol. The molecule has 0 aliphatic heterocycles. The van der Waals surface area contributed by atoms with Crippen LogP contribution in [0.1, 0.15) is 43.3 Å². The Hall–Kier alpha value is -1.63. The molecule has 2 aromatic heterocycles. The van der Waals surface area contributed by atoms with E-state index in [1.54, 1.807) is 11.8 Å². The van der Waals surface area contributed by atoms with Gasteiger partial charge in [0.15, 0.2) is 5.16 Å². The lowest BCUT2D eigenvalue weighted by atomic mass is 10.4. The van der Waals surface area contributed by atoms with Gasteiger partial charge in [0.1, 0.15) is 5.82 Å². The Balaban J connectivity index is 1.71. The Bertz CT molecular complexity index is 602. The topological polar surface area (TPSA) is 69.6 Å². The minimum atomic E-state index is 0.576. The molecule has 1 aliphatic rings. The first-order valence-corrected chi connectivity index (χ1v) is 7.78. The quantitative estimate of drug-likeness (QED) is 0.577. The lowest BCUT2D eigenvalue weighted by Gasteiger charge is -2.05. The molecule has 0 atom stereocenters. The number of nitrogens with zero attached hydrogens (tertiary/aromatic N) is 5. The average molecular weight is 291 g/mol. The summed E-state index contributed by atoms with van der Waals surface area (Å²) in [6.45, 7) is 6.54. The van der Waals surface area contributed by atoms with Crippen LogP contribution in [0, 0.1) is 0 Å². The molecule has 6 nitrogen and oxygen atoms in total. The molecule has 3 rings (SSSR count). The van der Waals surface area contributed by atoms with Crippen molar-refractivity contribution in [2.75, 3.05) is 0 Å². The first-order valence-electron chi connectivity index (χ1n) is 6.79. The highest BCUT2D eigenvalue weighted by Crippen LogP contribution is 2.40. The van der Waals surface area contributed by atoms with Gasteiger partial charge in [-0.3, -0.25) is 0 Å². The smallest absolute Gasteiger partial charge is 0.226 e. The standard InChI is InChI=1S/C13H17N5OS/c1-3-7-18-12(9-5-6-9)16-17-13(18)20-8-11-15-14-10(4-2)19-11/h3,9H,1,4-8H2,2H3. The van der Waals surface area contributed by atoms with E-state index in [1.165, 1.54) is 12.8 Å². The van der Waals surface area contributed by atoms with Crippen LogP contribution in [-0.4, -0.2) is 25.0 Å². The van der Waals surface area contributed by atoms with Crippen LogP contribution in [0.25, 0.3) is 0 Å². The highest BCUT2D eigenvalue weighted by atomic mass is 32.2. The van der Waals surface area contributed by atoms with Crippen molar-refractivity contribution in [1.29, 1.82) is 0 Å². The highest BCUT2D eigenvalue weighted by Gasteiger charge is 2.30. The van der Waals surface area contributed by atoms with Crippen LogP contribution in [0.3, 0.4) is 0 Å². The van der Waals surface area contributed by atoms with E-state index in [0.29, 0.717) is 23.5 Å². The summed E-state index contributed by atoms with van der Waals surface area (Å²) in [6, 6.07) is 0. The van der Waals surface area contributed by atoms with Crippen LogP contribution in [-0.2, 0) is 18.7 Å². The molecule has 1 aliphatic carbocycles. The molecule has 0 aromatic carbocycles. The predicted octanol–water partition coefficient (Wildman–Crippen LogP) is 2.58. The minimum absolute atomic E-state index is 0.576. The van der Waals surface area contributed by atoms with Gasteiger partial charge in [0.25, 0.3) is 0 Å². The van der Waals surface area contributed by atoms with E-state index in [2.05, 4.69) is 31.5 Å². The molecule has 0 bridgehead atoms. The fraction of sp³-hybridized carbons (Fsp3) is 0.538. The SMILES string of the molecule is C=CCn1c(SCc2nnc(CC)o2)nnc1C1CC1. The second kappa shape index (κ2) is 5.78. The van der Waals surface area contributed by atoms with Crippen molar-refractivity contribution in [2.24, 2.45) is 0 Å². The summed E-state index contributed by atoms with van der Waals surface area (Å²) in [7, 11) is 0. The molecule has 7 heteroatoms. The lowest BCUT2D eigenvalue weighted by molar-refractivity contribution is 0.469. The van der Waals surface area contributed by atoms with E-state index < -0.39 is 0 Å². The van der Waals surface area contributed by atoms with E-state index in [1.807, 2.05) is 13.0 Å². The van der Waals surface area contributed by atoms with Gasteiger partial charge in [0.05, 0.1) is 5.75 Å². The van der Waals surface area contributed by atoms with Gasteiger partial charge in [-0.15, -0.1) is 27.0 Å². The van der Waals surface area contributed by atoms with Crippen LogP contribution in [0.2, 0.25) is 0 Å². The van der Waals surface area contributed by atoms with Crippen LogP contribution in [0.15, 0.2) is 22.2 Å². The Morgan fingerprint density at radius 1 is 1.30 bits per heavy atom. The fourth-order valence-electron chi connectivity index (χ4n) is 1.97. The third kappa shape index (κ3) is 2.77. The van der Waals surface area contributed by atoms with E-state index in [-0.39, 0.29) is 0 Å². The number of hydrogen-bond acceptors (Lipinski definition) is 6. The maximum atomic E-state index is 5.50. The van der Waals surface area contributed by atoms with Crippen molar-refractivity contribution < 1.29 is 4.42 Å². The number of thioether (sulfide) groups is 1. The van der Waals surface area contributed by atoms with Crippen LogP contribution < -0.4 is 0 Å². The molecular formula is C13H17N5OS. The molecule has 20 heavy (non-hydrogen) atoms. The first kappa shape index (κ1) is 13.4. The summed E-state index contributed by atoms with van der Waals surface area (Å²) >= 11 is 1.58. The van der Waals surface area contributed by atoms with Gasteiger partial charge in [-0.2, -0.15) is 0 Å². The summed E-state index contributed by atoms with van der Waals surface area (Å²) < 4.78 is 7.63. The van der Waals surface area contributed by atoms with E-state index in [4.69, 9.17) is 4.42 Å². The number of hydrogen-bond donors (Lipinski definition) is 0. The zero-order valence-corrected chi connectivity index (χ0v) is 12.3. The monoisotopic (exact) mass is 291 g/mol. The number of rotatable bonds is 7. The Labute approximate surface area is 121 Å². The summed E-state index contributed by atoms with van der Waals surface area (Å²) in [5.74, 6) is 3.58. The normalized spacial score (nSPS) is 14.7. The van der Waals surface area contributed by atoms with Crippen molar-refractivity contribution in [3.8, 4) is 0 Å². The molecule has 1 fully saturated rings. The fourth-order valence-corrected chi connectivity index (χ4v) is 2.76. The molecule has 0 radical (unpaired) electrons. The first-order chi connectivity index (χ1) is 9.81. The largest absolute Gasteiger partial charge is 0.424 e. The van der Waals surface area contributed by atoms with Crippen molar-refractivity contribution in [1.82, 2.24) is 25.0 Å². The molecule has 0 saturated heterocycles. The zero-order valence-electron chi connectivity index (χ0n) is 11.4. The summed E-state index contributed by atoms with van der Waals surface area (Å²) in [6.07, 6.45) is 5.06. The van der Waals surface area contributed by atoms with Crippen LogP contribution in [0.4, 0.5) is 0 Å². The molecule has 2 aromatic rings. The van der Waals surface area contributed by atoms with Gasteiger partial charge in [-0.1, -0.05) is 24.8 Å². The molecule has 0 spiro atoms. The van der Waals surface area contributed by atoms with Gasteiger partial charge in [-0.25, -0.2) is 0 Å². The van der Waals surface area contributed by atoms with Crippen molar-refractivity contribution in [3.05, 3.63) is 30.3 Å². The van der Waals surface area contributed by atoms with E-state index in [0.717, 1.165) is 23.9 Å². The van der Waals surface area contributed by atoms with E-state index >= 15 is 0 Å². The Morgan fingerprint density at radius 3 is 2.75 bits per heavy atom. The van der Waals surface area contributed by atoms with Gasteiger partial charge in [0, 0.05) is 18.9 Å². The molecule has 0 amide bonds. The number of allylic oxidation sites excluding steroid dienone is 1. The Morgan fingerprint density at radius 2 is 2.10 bits per heavy atom. The average Bonchev–Trinajstić information content (AvgIpc) is 3.07. The third-order valence-electron chi connectivity index (χ3n) is 3.14. The van der Waals surface area contributed by atoms with Crippen molar-refractivity contribution >= 4 is 11.8 Å². The molecule has 0 unspecified atom stereocenters. The Kier molecular flexibility index (Phi) is 3.86. The predicted molar refractivity (Wildman–Crippen MR) is 75.4 cm³/mol. The third-order valence-corrected chi connectivity index (χ3v) is 4.09. The highest BCUT2D eigenvalue weighted by molar-refractivity contribution is 7.98. The number of aryl methyl sites for hydroxylation is 1. The maximum absolute atomic E-state index is 5.50. The van der Waals surface area contributed by atoms with Crippen LogP contribution in [0.5, 0.6) is 0 Å².